The lowest BCUT2D eigenvalue weighted by Gasteiger charge is -2.29. The molecular formula is C14H20ClNO2. The summed E-state index contributed by atoms with van der Waals surface area (Å²) < 4.78 is 25.9. The zero-order chi connectivity index (χ0) is 14.6. The van der Waals surface area contributed by atoms with E-state index in [1.165, 1.54) is 0 Å². The highest BCUT2D eigenvalue weighted by Gasteiger charge is 2.31. The lowest BCUT2D eigenvalue weighted by atomic mass is 9.86. The number of hydrogen-bond acceptors (Lipinski definition) is 3. The molecule has 1 aromatic rings. The molecule has 1 fully saturated rings. The molecule has 1 N–H and O–H groups in total. The van der Waals surface area contributed by atoms with Gasteiger partial charge in [-0.15, -0.1) is 12.4 Å². The van der Waals surface area contributed by atoms with Crippen LogP contribution < -0.4 is 5.32 Å². The molecule has 0 saturated carbocycles. The Balaban J connectivity index is 0.00000220. The number of carbonyl (C=O) groups excluding carboxylic acids is 1. The first-order valence-corrected chi connectivity index (χ1v) is 5.98. The first kappa shape index (κ1) is 10.8. The number of hydrogen-bond donors (Lipinski definition) is 1. The number of esters is 1. The molecule has 100 valence electrons. The van der Waals surface area contributed by atoms with Crippen LogP contribution in [0.25, 0.3) is 0 Å². The zero-order valence-corrected chi connectivity index (χ0v) is 10.9. The first-order chi connectivity index (χ1) is 9.47. The fourth-order valence-corrected chi connectivity index (χ4v) is 2.42. The third-order valence-corrected chi connectivity index (χ3v) is 3.26. The van der Waals surface area contributed by atoms with E-state index in [9.17, 15) is 4.79 Å². The fraction of sp³-hybridized carbons (Fsp3) is 0.500. The molecule has 0 unspecified atom stereocenters. The number of halogens is 1. The molecule has 0 amide bonds. The molecule has 18 heavy (non-hydrogen) atoms. The van der Waals surface area contributed by atoms with E-state index in [1.807, 2.05) is 30.3 Å². The van der Waals surface area contributed by atoms with Crippen LogP contribution >= 0.6 is 12.4 Å². The van der Waals surface area contributed by atoms with Crippen LogP contribution in [0, 0.1) is 0 Å². The Kier molecular flexibility index (Phi) is 4.45. The third kappa shape index (κ3) is 3.47. The van der Waals surface area contributed by atoms with Crippen molar-refractivity contribution in [3.63, 3.8) is 0 Å². The van der Waals surface area contributed by atoms with Gasteiger partial charge in [0.25, 0.3) is 0 Å². The van der Waals surface area contributed by atoms with Gasteiger partial charge in [0.15, 0.2) is 0 Å². The number of nitrogens with one attached hydrogen (secondary N) is 1. The van der Waals surface area contributed by atoms with Crippen LogP contribution in [0.4, 0.5) is 0 Å². The van der Waals surface area contributed by atoms with Crippen molar-refractivity contribution in [2.24, 2.45) is 0 Å². The molecule has 1 aromatic carbocycles. The quantitative estimate of drug-likeness (QED) is 0.679. The molecule has 0 aliphatic carbocycles. The number of ether oxygens (including phenoxy) is 1. The van der Waals surface area contributed by atoms with Crippen molar-refractivity contribution < 1.29 is 13.6 Å². The van der Waals surface area contributed by atoms with Crippen molar-refractivity contribution in [3.8, 4) is 0 Å². The molecule has 1 aliphatic rings. The highest BCUT2D eigenvalue weighted by molar-refractivity contribution is 5.85. The SMILES string of the molecule is Cl.[2H][13C]([2H])([2H])OC(=O)[C@@H](c1ccccc1)[C@@H]1CCCCN1. The number of piperidine rings is 1. The Morgan fingerprint density at radius 2 is 2.22 bits per heavy atom. The maximum Gasteiger partial charge on any atom is 0.314 e. The molecule has 2 rings (SSSR count). The summed E-state index contributed by atoms with van der Waals surface area (Å²) in [6, 6.07) is 9.15. The van der Waals surface area contributed by atoms with Crippen molar-refractivity contribution in [2.75, 3.05) is 13.6 Å². The lowest BCUT2D eigenvalue weighted by molar-refractivity contribution is -0.143. The van der Waals surface area contributed by atoms with Gasteiger partial charge in [-0.2, -0.15) is 0 Å². The van der Waals surface area contributed by atoms with Crippen LogP contribution in [0.2, 0.25) is 0 Å². The summed E-state index contributed by atoms with van der Waals surface area (Å²) in [4.78, 5) is 12.2. The minimum absolute atomic E-state index is 0. The van der Waals surface area contributed by atoms with E-state index in [4.69, 9.17) is 4.11 Å². The molecule has 0 radical (unpaired) electrons. The molecule has 3 nitrogen and oxygen atoms in total. The predicted octanol–water partition coefficient (Wildman–Crippen LogP) is 2.51. The van der Waals surface area contributed by atoms with Gasteiger partial charge in [-0.3, -0.25) is 4.79 Å². The second-order valence-corrected chi connectivity index (χ2v) is 4.37. The number of methoxy groups -OCH3 is 1. The molecule has 2 atom stereocenters. The third-order valence-electron chi connectivity index (χ3n) is 3.26. The number of rotatable bonds is 3. The summed E-state index contributed by atoms with van der Waals surface area (Å²) in [7, 11) is -2.70. The summed E-state index contributed by atoms with van der Waals surface area (Å²) >= 11 is 0. The van der Waals surface area contributed by atoms with Gasteiger partial charge in [0.1, 0.15) is 0 Å². The summed E-state index contributed by atoms with van der Waals surface area (Å²) in [6.45, 7) is 0.842. The number of benzene rings is 1. The smallest absolute Gasteiger partial charge is 0.314 e. The Hall–Kier alpha value is -1.06. The minimum atomic E-state index is -2.70. The average molecular weight is 274 g/mol. The monoisotopic (exact) mass is 273 g/mol. The molecule has 0 aromatic heterocycles. The second-order valence-electron chi connectivity index (χ2n) is 4.37. The van der Waals surface area contributed by atoms with E-state index in [-0.39, 0.29) is 18.4 Å². The van der Waals surface area contributed by atoms with Crippen molar-refractivity contribution in [1.29, 1.82) is 0 Å². The maximum absolute atomic E-state index is 12.2. The molecule has 1 saturated heterocycles. The van der Waals surface area contributed by atoms with Gasteiger partial charge in [0.05, 0.1) is 17.1 Å². The normalized spacial score (nSPS) is 23.8. The molecule has 4 heteroatoms. The van der Waals surface area contributed by atoms with Gasteiger partial charge in [-0.25, -0.2) is 0 Å². The van der Waals surface area contributed by atoms with Crippen LogP contribution in [-0.4, -0.2) is 25.6 Å². The van der Waals surface area contributed by atoms with Gasteiger partial charge >= 0.3 is 5.97 Å². The summed E-state index contributed by atoms with van der Waals surface area (Å²) in [5.41, 5.74) is 0.793. The van der Waals surface area contributed by atoms with Gasteiger partial charge in [0.2, 0.25) is 0 Å². The van der Waals surface area contributed by atoms with Gasteiger partial charge in [-0.1, -0.05) is 36.8 Å². The fourth-order valence-electron chi connectivity index (χ4n) is 2.42. The van der Waals surface area contributed by atoms with Crippen LogP contribution in [-0.2, 0) is 9.53 Å². The van der Waals surface area contributed by atoms with Crippen LogP contribution in [0.3, 0.4) is 0 Å². The van der Waals surface area contributed by atoms with Crippen LogP contribution in [0.5, 0.6) is 0 Å². The van der Waals surface area contributed by atoms with E-state index in [0.717, 1.165) is 31.4 Å². The number of carbonyl (C=O) groups is 1. The maximum atomic E-state index is 12.2. The van der Waals surface area contributed by atoms with Gasteiger partial charge in [-0.05, 0) is 24.9 Å². The van der Waals surface area contributed by atoms with Crippen LogP contribution in [0.15, 0.2) is 30.3 Å². The summed E-state index contributed by atoms with van der Waals surface area (Å²) in [6.07, 6.45) is 2.95. The standard InChI is InChI=1S/C14H19NO2.ClH/c1-17-14(16)13(11-7-3-2-4-8-11)12-9-5-6-10-15-12;/h2-4,7-8,12-13,15H,5-6,9-10H2,1H3;1H/t12-,13-;/m0./s1/i1+1D3;. The van der Waals surface area contributed by atoms with Crippen molar-refractivity contribution in [3.05, 3.63) is 35.9 Å². The van der Waals surface area contributed by atoms with Crippen molar-refractivity contribution in [1.82, 2.24) is 5.32 Å². The predicted molar refractivity (Wildman–Crippen MR) is 74.1 cm³/mol. The summed E-state index contributed by atoms with van der Waals surface area (Å²) in [5, 5.41) is 3.30. The molecule has 1 heterocycles. The van der Waals surface area contributed by atoms with Crippen molar-refractivity contribution in [2.45, 2.75) is 31.2 Å². The first-order valence-electron chi connectivity index (χ1n) is 7.48. The van der Waals surface area contributed by atoms with Crippen molar-refractivity contribution >= 4 is 18.4 Å². The topological polar surface area (TPSA) is 38.3 Å². The molecule has 1 aliphatic heterocycles. The van der Waals surface area contributed by atoms with E-state index < -0.39 is 18.9 Å². The van der Waals surface area contributed by atoms with E-state index >= 15 is 0 Å². The van der Waals surface area contributed by atoms with Gasteiger partial charge < -0.3 is 10.1 Å². The molecule has 0 spiro atoms. The highest BCUT2D eigenvalue weighted by Crippen LogP contribution is 2.26. The van der Waals surface area contributed by atoms with E-state index in [1.54, 1.807) is 0 Å². The second kappa shape index (κ2) is 7.39. The van der Waals surface area contributed by atoms with Crippen LogP contribution in [0.1, 0.15) is 34.9 Å². The molecular weight excluding hydrogens is 251 g/mol. The van der Waals surface area contributed by atoms with Gasteiger partial charge in [0, 0.05) is 6.04 Å². The van der Waals surface area contributed by atoms with E-state index in [0.29, 0.717) is 0 Å². The lowest BCUT2D eigenvalue weighted by Crippen LogP contribution is -2.42. The Labute approximate surface area is 119 Å². The Morgan fingerprint density at radius 3 is 2.83 bits per heavy atom. The summed E-state index contributed by atoms with van der Waals surface area (Å²) in [5.74, 6) is -1.26. The van der Waals surface area contributed by atoms with E-state index in [2.05, 4.69) is 10.1 Å². The highest BCUT2D eigenvalue weighted by atomic mass is 35.5. The Bertz CT molecular complexity index is 447. The zero-order valence-electron chi connectivity index (χ0n) is 13.1. The largest absolute Gasteiger partial charge is 0.469 e. The molecule has 0 bridgehead atoms. The average Bonchev–Trinajstić information content (AvgIpc) is 2.39. The Morgan fingerprint density at radius 1 is 1.44 bits per heavy atom. The minimum Gasteiger partial charge on any atom is -0.469 e.